The molecule has 0 unspecified atom stereocenters. The van der Waals surface area contributed by atoms with Crippen LogP contribution >= 0.6 is 0 Å². The minimum absolute atomic E-state index is 0.0532. The van der Waals surface area contributed by atoms with Gasteiger partial charge in [0.1, 0.15) is 5.69 Å². The van der Waals surface area contributed by atoms with Crippen LogP contribution in [0.2, 0.25) is 0 Å². The first-order valence-electron chi connectivity index (χ1n) is 5.89. The lowest BCUT2D eigenvalue weighted by atomic mass is 10.2. The van der Waals surface area contributed by atoms with E-state index in [1.54, 1.807) is 18.1 Å². The van der Waals surface area contributed by atoms with E-state index in [-0.39, 0.29) is 5.91 Å². The molecule has 0 fully saturated rings. The van der Waals surface area contributed by atoms with Gasteiger partial charge in [0.25, 0.3) is 5.91 Å². The highest BCUT2D eigenvalue weighted by molar-refractivity contribution is 5.92. The summed E-state index contributed by atoms with van der Waals surface area (Å²) in [5.74, 6) is -0.0532. The first kappa shape index (κ1) is 12.3. The molecule has 3 heteroatoms. The van der Waals surface area contributed by atoms with Crippen molar-refractivity contribution >= 4 is 5.91 Å². The fraction of sp³-hybridized carbons (Fsp3) is 0.200. The Labute approximate surface area is 107 Å². The zero-order chi connectivity index (χ0) is 13.0. The second kappa shape index (κ2) is 5.45. The Bertz CT molecular complexity index is 537. The Balaban J connectivity index is 2.10. The molecule has 1 heterocycles. The van der Waals surface area contributed by atoms with Crippen LogP contribution < -0.4 is 0 Å². The number of amides is 1. The predicted octanol–water partition coefficient (Wildman–Crippen LogP) is 2.66. The number of aryl methyl sites for hydroxylation is 1. The molecule has 1 amide bonds. The van der Waals surface area contributed by atoms with Crippen molar-refractivity contribution in [1.82, 2.24) is 9.88 Å². The number of carbonyl (C=O) groups excluding carboxylic acids is 1. The van der Waals surface area contributed by atoms with Gasteiger partial charge in [0, 0.05) is 19.8 Å². The maximum atomic E-state index is 12.2. The summed E-state index contributed by atoms with van der Waals surface area (Å²) in [6.07, 6.45) is 1.67. The van der Waals surface area contributed by atoms with E-state index in [1.807, 2.05) is 49.4 Å². The molecule has 1 aromatic carbocycles. The zero-order valence-corrected chi connectivity index (χ0v) is 10.6. The Hall–Kier alpha value is -2.16. The molecule has 0 aliphatic carbocycles. The van der Waals surface area contributed by atoms with Gasteiger partial charge in [-0.05, 0) is 30.2 Å². The molecular formula is C15H16N2O. The molecule has 0 aliphatic heterocycles. The average Bonchev–Trinajstić information content (AvgIpc) is 2.39. The fourth-order valence-corrected chi connectivity index (χ4v) is 1.78. The summed E-state index contributed by atoms with van der Waals surface area (Å²) >= 11 is 0. The van der Waals surface area contributed by atoms with Gasteiger partial charge in [-0.3, -0.25) is 9.78 Å². The van der Waals surface area contributed by atoms with Gasteiger partial charge in [0.05, 0.1) is 0 Å². The molecule has 0 radical (unpaired) electrons. The van der Waals surface area contributed by atoms with Crippen LogP contribution in [0.5, 0.6) is 0 Å². The van der Waals surface area contributed by atoms with Crippen LogP contribution in [0.15, 0.2) is 48.7 Å². The number of nitrogens with zero attached hydrogens (tertiary/aromatic N) is 2. The molecule has 0 saturated heterocycles. The summed E-state index contributed by atoms with van der Waals surface area (Å²) in [5.41, 5.74) is 2.65. The van der Waals surface area contributed by atoms with Crippen LogP contribution in [0.1, 0.15) is 21.6 Å². The Morgan fingerprint density at radius 1 is 1.22 bits per heavy atom. The van der Waals surface area contributed by atoms with Gasteiger partial charge in [-0.1, -0.05) is 30.3 Å². The Morgan fingerprint density at radius 3 is 2.61 bits per heavy atom. The van der Waals surface area contributed by atoms with Crippen LogP contribution in [0.25, 0.3) is 0 Å². The molecule has 3 nitrogen and oxygen atoms in total. The van der Waals surface area contributed by atoms with Crippen LogP contribution in [0.3, 0.4) is 0 Å². The summed E-state index contributed by atoms with van der Waals surface area (Å²) in [6, 6.07) is 13.6. The van der Waals surface area contributed by atoms with Gasteiger partial charge in [0.15, 0.2) is 0 Å². The second-order valence-corrected chi connectivity index (χ2v) is 4.37. The second-order valence-electron chi connectivity index (χ2n) is 4.37. The third kappa shape index (κ3) is 2.94. The van der Waals surface area contributed by atoms with Crippen molar-refractivity contribution in [1.29, 1.82) is 0 Å². The minimum atomic E-state index is -0.0532. The predicted molar refractivity (Wildman–Crippen MR) is 71.2 cm³/mol. The van der Waals surface area contributed by atoms with Crippen molar-refractivity contribution < 1.29 is 4.79 Å². The van der Waals surface area contributed by atoms with Gasteiger partial charge in [0.2, 0.25) is 0 Å². The number of pyridine rings is 1. The number of benzene rings is 1. The fourth-order valence-electron chi connectivity index (χ4n) is 1.78. The largest absolute Gasteiger partial charge is 0.336 e. The highest BCUT2D eigenvalue weighted by Crippen LogP contribution is 2.07. The van der Waals surface area contributed by atoms with Gasteiger partial charge in [-0.2, -0.15) is 0 Å². The van der Waals surface area contributed by atoms with E-state index in [4.69, 9.17) is 0 Å². The lowest BCUT2D eigenvalue weighted by molar-refractivity contribution is 0.0779. The number of aromatic nitrogens is 1. The molecule has 18 heavy (non-hydrogen) atoms. The topological polar surface area (TPSA) is 33.2 Å². The number of rotatable bonds is 3. The van der Waals surface area contributed by atoms with E-state index in [2.05, 4.69) is 4.98 Å². The summed E-state index contributed by atoms with van der Waals surface area (Å²) in [7, 11) is 1.79. The molecular weight excluding hydrogens is 224 g/mol. The number of hydrogen-bond donors (Lipinski definition) is 0. The quantitative estimate of drug-likeness (QED) is 0.826. The van der Waals surface area contributed by atoms with Crippen molar-refractivity contribution in [2.45, 2.75) is 13.5 Å². The van der Waals surface area contributed by atoms with Crippen LogP contribution in [0.4, 0.5) is 0 Å². The molecule has 2 aromatic rings. The molecule has 0 saturated carbocycles. The van der Waals surface area contributed by atoms with Gasteiger partial charge in [-0.15, -0.1) is 0 Å². The van der Waals surface area contributed by atoms with Crippen molar-refractivity contribution in [3.05, 3.63) is 65.5 Å². The van der Waals surface area contributed by atoms with Gasteiger partial charge < -0.3 is 4.90 Å². The van der Waals surface area contributed by atoms with E-state index in [0.717, 1.165) is 11.1 Å². The third-order valence-electron chi connectivity index (χ3n) is 2.74. The lowest BCUT2D eigenvalue weighted by Gasteiger charge is -2.16. The molecule has 0 N–H and O–H groups in total. The molecule has 0 aliphatic rings. The molecule has 92 valence electrons. The summed E-state index contributed by atoms with van der Waals surface area (Å²) < 4.78 is 0. The molecule has 0 atom stereocenters. The highest BCUT2D eigenvalue weighted by Gasteiger charge is 2.13. The van der Waals surface area contributed by atoms with Crippen molar-refractivity contribution in [3.63, 3.8) is 0 Å². The third-order valence-corrected chi connectivity index (χ3v) is 2.74. The minimum Gasteiger partial charge on any atom is -0.336 e. The molecule has 1 aromatic heterocycles. The Kier molecular flexibility index (Phi) is 3.72. The van der Waals surface area contributed by atoms with Gasteiger partial charge in [-0.25, -0.2) is 0 Å². The van der Waals surface area contributed by atoms with E-state index >= 15 is 0 Å². The Morgan fingerprint density at radius 2 is 1.94 bits per heavy atom. The van der Waals surface area contributed by atoms with Crippen LogP contribution in [0, 0.1) is 6.92 Å². The van der Waals surface area contributed by atoms with Crippen LogP contribution in [-0.2, 0) is 6.54 Å². The van der Waals surface area contributed by atoms with Crippen LogP contribution in [-0.4, -0.2) is 22.8 Å². The van der Waals surface area contributed by atoms with E-state index in [1.165, 1.54) is 0 Å². The normalized spacial score (nSPS) is 10.1. The SMILES string of the molecule is Cc1ccnc(C(=O)N(C)Cc2ccccc2)c1. The van der Waals surface area contributed by atoms with E-state index in [0.29, 0.717) is 12.2 Å². The summed E-state index contributed by atoms with van der Waals surface area (Å²) in [6.45, 7) is 2.55. The highest BCUT2D eigenvalue weighted by atomic mass is 16.2. The zero-order valence-electron chi connectivity index (χ0n) is 10.6. The molecule has 0 bridgehead atoms. The maximum Gasteiger partial charge on any atom is 0.272 e. The van der Waals surface area contributed by atoms with Crippen molar-refractivity contribution in [2.75, 3.05) is 7.05 Å². The number of carbonyl (C=O) groups is 1. The first-order chi connectivity index (χ1) is 8.66. The van der Waals surface area contributed by atoms with E-state index in [9.17, 15) is 4.79 Å². The lowest BCUT2D eigenvalue weighted by Crippen LogP contribution is -2.27. The standard InChI is InChI=1S/C15H16N2O/c1-12-8-9-16-14(10-12)15(18)17(2)11-13-6-4-3-5-7-13/h3-10H,11H2,1-2H3. The molecule has 0 spiro atoms. The summed E-state index contributed by atoms with van der Waals surface area (Å²) in [5, 5.41) is 0. The number of hydrogen-bond acceptors (Lipinski definition) is 2. The first-order valence-corrected chi connectivity index (χ1v) is 5.89. The summed E-state index contributed by atoms with van der Waals surface area (Å²) in [4.78, 5) is 18.0. The maximum absolute atomic E-state index is 12.2. The smallest absolute Gasteiger partial charge is 0.272 e. The van der Waals surface area contributed by atoms with E-state index < -0.39 is 0 Å². The van der Waals surface area contributed by atoms with Crippen molar-refractivity contribution in [2.24, 2.45) is 0 Å². The monoisotopic (exact) mass is 240 g/mol. The molecule has 2 rings (SSSR count). The van der Waals surface area contributed by atoms with Crippen molar-refractivity contribution in [3.8, 4) is 0 Å². The average molecular weight is 240 g/mol. The van der Waals surface area contributed by atoms with Gasteiger partial charge >= 0.3 is 0 Å².